The molecule has 0 aliphatic rings. The highest BCUT2D eigenvalue weighted by molar-refractivity contribution is 14.1. The predicted molar refractivity (Wildman–Crippen MR) is 128 cm³/mol. The molecule has 7 heteroatoms. The fraction of sp³-hybridized carbons (Fsp3) is 0.217. The number of aryl methyl sites for hydroxylation is 1. The highest BCUT2D eigenvalue weighted by Crippen LogP contribution is 2.31. The lowest BCUT2D eigenvalue weighted by Gasteiger charge is -2.17. The van der Waals surface area contributed by atoms with Crippen LogP contribution in [0.4, 0.5) is 5.95 Å². The summed E-state index contributed by atoms with van der Waals surface area (Å²) in [4.78, 5) is 4.67. The van der Waals surface area contributed by atoms with E-state index in [1.807, 2.05) is 40.8 Å². The van der Waals surface area contributed by atoms with Gasteiger partial charge in [0, 0.05) is 30.9 Å². The molecule has 0 amide bonds. The highest BCUT2D eigenvalue weighted by Gasteiger charge is 2.20. The van der Waals surface area contributed by atoms with Crippen molar-refractivity contribution in [1.82, 2.24) is 19.3 Å². The van der Waals surface area contributed by atoms with Crippen LogP contribution in [0.25, 0.3) is 11.1 Å². The first-order valence-corrected chi connectivity index (χ1v) is 11.2. The van der Waals surface area contributed by atoms with Crippen LogP contribution in [0.1, 0.15) is 22.7 Å². The molecule has 2 N–H and O–H groups in total. The molecular formula is C23H24IN5O. The van der Waals surface area contributed by atoms with Crippen molar-refractivity contribution in [3.8, 4) is 16.9 Å². The fourth-order valence-electron chi connectivity index (χ4n) is 3.63. The quantitative estimate of drug-likeness (QED) is 0.289. The average molecular weight is 513 g/mol. The van der Waals surface area contributed by atoms with Gasteiger partial charge in [-0.3, -0.25) is 4.68 Å². The van der Waals surface area contributed by atoms with Crippen molar-refractivity contribution in [3.05, 3.63) is 83.9 Å². The molecule has 30 heavy (non-hydrogen) atoms. The minimum Gasteiger partial charge on any atom is -0.497 e. The van der Waals surface area contributed by atoms with Gasteiger partial charge in [-0.05, 0) is 35.2 Å². The number of hydrogen-bond acceptors (Lipinski definition) is 4. The van der Waals surface area contributed by atoms with Gasteiger partial charge in [0.1, 0.15) is 5.75 Å². The van der Waals surface area contributed by atoms with Crippen LogP contribution in [-0.2, 0) is 18.0 Å². The molecule has 0 saturated carbocycles. The standard InChI is InChI=1S/C23H24IN5O/c1-28-13-19(12-26-28)18-5-3-4-16(10-18)11-21(17-6-8-20(30-2)9-7-17)22-14-29(15-24)23(25)27-22/h3-10,12-14,21H,11,15H2,1-2H3,(H2,25,27). The second kappa shape index (κ2) is 8.91. The number of rotatable bonds is 7. The van der Waals surface area contributed by atoms with E-state index in [-0.39, 0.29) is 5.92 Å². The number of nitrogens with zero attached hydrogens (tertiary/aromatic N) is 4. The van der Waals surface area contributed by atoms with Crippen LogP contribution in [0, 0.1) is 0 Å². The van der Waals surface area contributed by atoms with Gasteiger partial charge in [0.15, 0.2) is 0 Å². The first-order chi connectivity index (χ1) is 14.6. The zero-order valence-corrected chi connectivity index (χ0v) is 19.2. The maximum Gasteiger partial charge on any atom is 0.201 e. The van der Waals surface area contributed by atoms with Crippen LogP contribution in [0.2, 0.25) is 0 Å². The van der Waals surface area contributed by atoms with Crippen LogP contribution < -0.4 is 10.5 Å². The van der Waals surface area contributed by atoms with Gasteiger partial charge < -0.3 is 15.0 Å². The number of methoxy groups -OCH3 is 1. The molecule has 0 aliphatic carbocycles. The number of halogens is 1. The van der Waals surface area contributed by atoms with Crippen molar-refractivity contribution in [3.63, 3.8) is 0 Å². The highest BCUT2D eigenvalue weighted by atomic mass is 127. The first kappa shape index (κ1) is 20.5. The molecule has 2 heterocycles. The summed E-state index contributed by atoms with van der Waals surface area (Å²) < 4.78 is 9.89. The molecule has 2 aromatic heterocycles. The SMILES string of the molecule is COc1ccc(C(Cc2cccc(-c3cnn(C)c3)c2)c2cn(CI)c(N)n2)cc1. The Hall–Kier alpha value is -2.81. The van der Waals surface area contributed by atoms with Crippen LogP contribution in [-0.4, -0.2) is 26.4 Å². The summed E-state index contributed by atoms with van der Waals surface area (Å²) in [7, 11) is 3.61. The van der Waals surface area contributed by atoms with Gasteiger partial charge in [-0.15, -0.1) is 0 Å². The van der Waals surface area contributed by atoms with E-state index >= 15 is 0 Å². The Bertz CT molecular complexity index is 1130. The number of imidazole rings is 1. The second-order valence-electron chi connectivity index (χ2n) is 7.25. The Morgan fingerprint density at radius 3 is 2.53 bits per heavy atom. The molecule has 6 nitrogen and oxygen atoms in total. The van der Waals surface area contributed by atoms with Crippen molar-refractivity contribution in [2.75, 3.05) is 12.8 Å². The summed E-state index contributed by atoms with van der Waals surface area (Å²) >= 11 is 2.29. The Balaban J connectivity index is 1.70. The van der Waals surface area contributed by atoms with Gasteiger partial charge >= 0.3 is 0 Å². The molecule has 1 unspecified atom stereocenters. The second-order valence-corrected chi connectivity index (χ2v) is 7.93. The molecule has 0 saturated heterocycles. The fourth-order valence-corrected chi connectivity index (χ4v) is 4.17. The molecule has 154 valence electrons. The summed E-state index contributed by atoms with van der Waals surface area (Å²) in [6, 6.07) is 16.8. The monoisotopic (exact) mass is 513 g/mol. The molecule has 0 aliphatic heterocycles. The molecule has 1 atom stereocenters. The summed E-state index contributed by atoms with van der Waals surface area (Å²) in [6.07, 6.45) is 6.80. The Morgan fingerprint density at radius 1 is 1.10 bits per heavy atom. The maximum atomic E-state index is 6.13. The lowest BCUT2D eigenvalue weighted by atomic mass is 9.88. The van der Waals surface area contributed by atoms with Gasteiger partial charge in [-0.1, -0.05) is 59.0 Å². The van der Waals surface area contributed by atoms with Crippen molar-refractivity contribution < 1.29 is 4.74 Å². The minimum absolute atomic E-state index is 0.0894. The van der Waals surface area contributed by atoms with Gasteiger partial charge in [-0.2, -0.15) is 5.10 Å². The number of anilines is 1. The number of alkyl halides is 1. The summed E-state index contributed by atoms with van der Waals surface area (Å²) in [5.41, 5.74) is 11.8. The van der Waals surface area contributed by atoms with Gasteiger partial charge in [0.05, 0.1) is 23.6 Å². The summed E-state index contributed by atoms with van der Waals surface area (Å²) in [6.45, 7) is 0. The lowest BCUT2D eigenvalue weighted by Crippen LogP contribution is -2.06. The van der Waals surface area contributed by atoms with Crippen LogP contribution in [0.5, 0.6) is 5.75 Å². The maximum absolute atomic E-state index is 6.13. The van der Waals surface area contributed by atoms with Crippen LogP contribution >= 0.6 is 22.6 Å². The van der Waals surface area contributed by atoms with Crippen molar-refractivity contribution >= 4 is 28.5 Å². The predicted octanol–water partition coefficient (Wildman–Crippen LogP) is 4.64. The van der Waals surface area contributed by atoms with E-state index in [0.29, 0.717) is 5.95 Å². The number of aromatic nitrogens is 4. The molecule has 0 fully saturated rings. The van der Waals surface area contributed by atoms with Crippen molar-refractivity contribution in [2.45, 2.75) is 16.9 Å². The Morgan fingerprint density at radius 2 is 1.90 bits per heavy atom. The normalized spacial score (nSPS) is 12.1. The summed E-state index contributed by atoms with van der Waals surface area (Å²) in [5.74, 6) is 1.47. The zero-order valence-electron chi connectivity index (χ0n) is 17.0. The number of nitrogens with two attached hydrogens (primary N) is 1. The first-order valence-electron chi connectivity index (χ1n) is 9.68. The van der Waals surface area contributed by atoms with Gasteiger partial charge in [-0.25, -0.2) is 4.98 Å². The smallest absolute Gasteiger partial charge is 0.201 e. The third-order valence-electron chi connectivity index (χ3n) is 5.24. The van der Waals surface area contributed by atoms with E-state index in [9.17, 15) is 0 Å². The van der Waals surface area contributed by atoms with Crippen molar-refractivity contribution in [2.24, 2.45) is 7.05 Å². The Kier molecular flexibility index (Phi) is 6.08. The summed E-state index contributed by atoms with van der Waals surface area (Å²) in [5, 5.41) is 4.29. The van der Waals surface area contributed by atoms with Crippen LogP contribution in [0.3, 0.4) is 0 Å². The number of ether oxygens (including phenoxy) is 1. The van der Waals surface area contributed by atoms with Gasteiger partial charge in [0.2, 0.25) is 5.95 Å². The number of nitrogen functional groups attached to an aromatic ring is 1. The largest absolute Gasteiger partial charge is 0.497 e. The van der Waals surface area contributed by atoms with E-state index < -0.39 is 0 Å². The molecule has 0 radical (unpaired) electrons. The molecule has 4 aromatic rings. The van der Waals surface area contributed by atoms with Crippen molar-refractivity contribution in [1.29, 1.82) is 0 Å². The molecule has 2 aromatic carbocycles. The topological polar surface area (TPSA) is 70.9 Å². The minimum atomic E-state index is 0.0894. The third-order valence-corrected chi connectivity index (χ3v) is 5.97. The van der Waals surface area contributed by atoms with E-state index in [1.165, 1.54) is 11.1 Å². The van der Waals surface area contributed by atoms with E-state index in [0.717, 1.165) is 33.5 Å². The zero-order chi connectivity index (χ0) is 21.1. The van der Waals surface area contributed by atoms with Gasteiger partial charge in [0.25, 0.3) is 0 Å². The Labute approximate surface area is 189 Å². The number of hydrogen-bond donors (Lipinski definition) is 1. The molecule has 0 spiro atoms. The lowest BCUT2D eigenvalue weighted by molar-refractivity contribution is 0.414. The van der Waals surface area contributed by atoms with E-state index in [1.54, 1.807) is 7.11 Å². The van der Waals surface area contributed by atoms with Crippen LogP contribution in [0.15, 0.2) is 67.1 Å². The molecular weight excluding hydrogens is 489 g/mol. The van der Waals surface area contributed by atoms with E-state index in [2.05, 4.69) is 75.3 Å². The average Bonchev–Trinajstić information content (AvgIpc) is 3.37. The third kappa shape index (κ3) is 4.35. The number of benzene rings is 2. The molecule has 4 rings (SSSR count). The molecule has 0 bridgehead atoms. The van der Waals surface area contributed by atoms with E-state index in [4.69, 9.17) is 10.5 Å².